The summed E-state index contributed by atoms with van der Waals surface area (Å²) in [5, 5.41) is 2.46. The molecule has 0 aromatic heterocycles. The van der Waals surface area contributed by atoms with E-state index in [9.17, 15) is 0 Å². The number of nitrogens with zero attached hydrogens (tertiary/aromatic N) is 1. The molecule has 124 valence electrons. The molecule has 0 aliphatic carbocycles. The smallest absolute Gasteiger partial charge is 0.138 e. The Labute approximate surface area is 149 Å². The van der Waals surface area contributed by atoms with Crippen LogP contribution in [0.15, 0.2) is 54.6 Å². The SMILES string of the molecule is C[Si](C)(C)N(c1cccc(P(Cl)c2ccccc2)c1)[Si](C)(C)C. The standard InChI is InChI=1S/C18H27ClNPSi2/c1-22(2,3)20(23(4,5)6)16-11-10-14-18(15-16)21(19)17-12-8-7-9-13-17/h7-15H,1-6H3. The van der Waals surface area contributed by atoms with Crippen LogP contribution in [0.4, 0.5) is 5.69 Å². The normalized spacial score (nSPS) is 13.7. The van der Waals surface area contributed by atoms with Crippen molar-refractivity contribution in [1.82, 2.24) is 0 Å². The van der Waals surface area contributed by atoms with Crippen LogP contribution in [0.25, 0.3) is 0 Å². The predicted molar refractivity (Wildman–Crippen MR) is 114 cm³/mol. The Bertz CT molecular complexity index is 636. The van der Waals surface area contributed by atoms with Gasteiger partial charge in [0, 0.05) is 5.69 Å². The Morgan fingerprint density at radius 1 is 0.739 bits per heavy atom. The lowest BCUT2D eigenvalue weighted by Crippen LogP contribution is -2.59. The summed E-state index contributed by atoms with van der Waals surface area (Å²) in [5.74, 6) is 0. The average molecular weight is 380 g/mol. The molecular formula is C18H27ClNPSi2. The highest BCUT2D eigenvalue weighted by Gasteiger charge is 2.34. The Morgan fingerprint density at radius 3 is 1.78 bits per heavy atom. The van der Waals surface area contributed by atoms with Crippen molar-refractivity contribution >= 4 is 51.3 Å². The molecule has 0 amide bonds. The molecule has 1 atom stereocenters. The maximum atomic E-state index is 6.81. The highest BCUT2D eigenvalue weighted by atomic mass is 35.7. The van der Waals surface area contributed by atoms with Crippen molar-refractivity contribution < 1.29 is 0 Å². The largest absolute Gasteiger partial charge is 0.425 e. The van der Waals surface area contributed by atoms with Crippen LogP contribution in [0.3, 0.4) is 0 Å². The van der Waals surface area contributed by atoms with E-state index in [-0.39, 0.29) is 0 Å². The van der Waals surface area contributed by atoms with Crippen LogP contribution in [-0.4, -0.2) is 16.5 Å². The van der Waals surface area contributed by atoms with Crippen LogP contribution in [-0.2, 0) is 0 Å². The molecule has 0 fully saturated rings. The maximum absolute atomic E-state index is 6.81. The van der Waals surface area contributed by atoms with Gasteiger partial charge in [0.05, 0.1) is 7.27 Å². The number of halogens is 1. The van der Waals surface area contributed by atoms with Crippen LogP contribution in [0, 0.1) is 0 Å². The molecule has 0 bridgehead atoms. The van der Waals surface area contributed by atoms with Gasteiger partial charge in [-0.05, 0) is 22.7 Å². The minimum Gasteiger partial charge on any atom is -0.425 e. The van der Waals surface area contributed by atoms with Gasteiger partial charge in [0.15, 0.2) is 0 Å². The van der Waals surface area contributed by atoms with Gasteiger partial charge in [-0.15, -0.1) is 0 Å². The van der Waals surface area contributed by atoms with Crippen molar-refractivity contribution in [2.24, 2.45) is 0 Å². The highest BCUT2D eigenvalue weighted by Crippen LogP contribution is 2.40. The molecule has 2 aromatic carbocycles. The van der Waals surface area contributed by atoms with Gasteiger partial charge in [0.1, 0.15) is 16.5 Å². The fraction of sp³-hybridized carbons (Fsp3) is 0.333. The topological polar surface area (TPSA) is 3.24 Å². The van der Waals surface area contributed by atoms with E-state index in [0.29, 0.717) is 0 Å². The Balaban J connectivity index is 2.43. The second-order valence-corrected chi connectivity index (χ2v) is 20.4. The third kappa shape index (κ3) is 4.70. The van der Waals surface area contributed by atoms with E-state index in [1.807, 2.05) is 6.07 Å². The monoisotopic (exact) mass is 379 g/mol. The summed E-state index contributed by atoms with van der Waals surface area (Å²) >= 11 is 6.81. The zero-order valence-corrected chi connectivity index (χ0v) is 18.6. The van der Waals surface area contributed by atoms with E-state index in [4.69, 9.17) is 11.2 Å². The van der Waals surface area contributed by atoms with Gasteiger partial charge in [-0.25, -0.2) is 0 Å². The number of hydrogen-bond donors (Lipinski definition) is 0. The Morgan fingerprint density at radius 2 is 1.26 bits per heavy atom. The second-order valence-electron chi connectivity index (χ2n) is 7.81. The lowest BCUT2D eigenvalue weighted by atomic mass is 10.3. The van der Waals surface area contributed by atoms with Crippen molar-refractivity contribution in [2.45, 2.75) is 39.3 Å². The molecule has 2 rings (SSSR count). The average Bonchev–Trinajstić information content (AvgIpc) is 2.44. The van der Waals surface area contributed by atoms with Crippen molar-refractivity contribution in [2.75, 3.05) is 4.23 Å². The summed E-state index contributed by atoms with van der Waals surface area (Å²) in [6.07, 6.45) is 0. The molecule has 0 aliphatic heterocycles. The summed E-state index contributed by atoms with van der Waals surface area (Å²) in [4.78, 5) is 0. The molecule has 0 N–H and O–H groups in total. The van der Waals surface area contributed by atoms with Crippen molar-refractivity contribution in [1.29, 1.82) is 0 Å². The van der Waals surface area contributed by atoms with Crippen molar-refractivity contribution in [3.8, 4) is 0 Å². The summed E-state index contributed by atoms with van der Waals surface area (Å²) in [5.41, 5.74) is 1.35. The summed E-state index contributed by atoms with van der Waals surface area (Å²) in [7, 11) is -3.69. The van der Waals surface area contributed by atoms with E-state index in [1.54, 1.807) is 0 Å². The molecule has 1 unspecified atom stereocenters. The fourth-order valence-corrected chi connectivity index (χ4v) is 15.0. The van der Waals surface area contributed by atoms with Crippen LogP contribution in [0.5, 0.6) is 0 Å². The molecule has 1 nitrogen and oxygen atoms in total. The molecule has 0 saturated heterocycles. The Kier molecular flexibility index (Phi) is 5.78. The summed E-state index contributed by atoms with van der Waals surface area (Å²) in [6, 6.07) is 19.3. The molecule has 5 heteroatoms. The van der Waals surface area contributed by atoms with Crippen molar-refractivity contribution in [3.05, 3.63) is 54.6 Å². The molecule has 2 aromatic rings. The first kappa shape index (κ1) is 18.7. The highest BCUT2D eigenvalue weighted by molar-refractivity contribution is 7.95. The third-order valence-corrected chi connectivity index (χ3v) is 13.5. The van der Waals surface area contributed by atoms with E-state index in [0.717, 1.165) is 0 Å². The number of rotatable bonds is 5. The fourth-order valence-electron chi connectivity index (χ4n) is 3.24. The molecule has 0 radical (unpaired) electrons. The van der Waals surface area contributed by atoms with Gasteiger partial charge in [0.2, 0.25) is 0 Å². The zero-order chi connectivity index (χ0) is 17.3. The number of hydrogen-bond acceptors (Lipinski definition) is 1. The van der Waals surface area contributed by atoms with Gasteiger partial charge >= 0.3 is 0 Å². The molecule has 0 heterocycles. The van der Waals surface area contributed by atoms with Gasteiger partial charge in [0.25, 0.3) is 0 Å². The predicted octanol–water partition coefficient (Wildman–Crippen LogP) is 5.75. The van der Waals surface area contributed by atoms with Gasteiger partial charge in [-0.3, -0.25) is 0 Å². The molecular weight excluding hydrogens is 353 g/mol. The molecule has 0 aliphatic rings. The molecule has 0 saturated carbocycles. The van der Waals surface area contributed by atoms with Crippen LogP contribution in [0.1, 0.15) is 0 Å². The minimum absolute atomic E-state index is 0.807. The third-order valence-electron chi connectivity index (χ3n) is 3.64. The number of anilines is 1. The summed E-state index contributed by atoms with van der Waals surface area (Å²) in [6.45, 7) is 14.6. The van der Waals surface area contributed by atoms with Gasteiger partial charge < -0.3 is 4.23 Å². The minimum atomic E-state index is -1.44. The first-order valence-corrected chi connectivity index (χ1v) is 17.2. The quantitative estimate of drug-likeness (QED) is 0.472. The van der Waals surface area contributed by atoms with E-state index in [2.05, 4.69) is 92.0 Å². The van der Waals surface area contributed by atoms with E-state index < -0.39 is 23.7 Å². The molecule has 0 spiro atoms. The maximum Gasteiger partial charge on any atom is 0.138 e. The first-order chi connectivity index (χ1) is 10.6. The molecule has 23 heavy (non-hydrogen) atoms. The summed E-state index contributed by atoms with van der Waals surface area (Å²) < 4.78 is 2.74. The van der Waals surface area contributed by atoms with E-state index >= 15 is 0 Å². The van der Waals surface area contributed by atoms with Crippen LogP contribution in [0.2, 0.25) is 39.3 Å². The first-order valence-electron chi connectivity index (χ1n) is 8.02. The van der Waals surface area contributed by atoms with Crippen LogP contribution < -0.4 is 14.8 Å². The van der Waals surface area contributed by atoms with Gasteiger partial charge in [-0.1, -0.05) is 93.0 Å². The lowest BCUT2D eigenvalue weighted by molar-refractivity contribution is 1.36. The zero-order valence-electron chi connectivity index (χ0n) is 15.0. The van der Waals surface area contributed by atoms with E-state index in [1.165, 1.54) is 16.3 Å². The number of benzene rings is 2. The Hall–Kier alpha value is -0.606. The van der Waals surface area contributed by atoms with Crippen molar-refractivity contribution in [3.63, 3.8) is 0 Å². The second kappa shape index (κ2) is 7.10. The lowest BCUT2D eigenvalue weighted by Gasteiger charge is -2.46. The van der Waals surface area contributed by atoms with Gasteiger partial charge in [-0.2, -0.15) is 0 Å². The van der Waals surface area contributed by atoms with Crippen LogP contribution >= 0.6 is 18.5 Å².